The summed E-state index contributed by atoms with van der Waals surface area (Å²) >= 11 is 0. The van der Waals surface area contributed by atoms with Crippen molar-refractivity contribution >= 4 is 0 Å². The summed E-state index contributed by atoms with van der Waals surface area (Å²) in [5, 5.41) is 0. The van der Waals surface area contributed by atoms with Gasteiger partial charge in [-0.15, -0.1) is 0 Å². The fraction of sp³-hybridized carbons (Fsp3) is 1.00. The van der Waals surface area contributed by atoms with Crippen molar-refractivity contribution in [1.29, 1.82) is 0 Å². The van der Waals surface area contributed by atoms with Gasteiger partial charge in [-0.05, 0) is 44.4 Å². The van der Waals surface area contributed by atoms with Gasteiger partial charge in [-0.2, -0.15) is 0 Å². The molecule has 2 unspecified atom stereocenters. The highest BCUT2D eigenvalue weighted by Crippen LogP contribution is 2.28. The summed E-state index contributed by atoms with van der Waals surface area (Å²) in [7, 11) is 0. The third-order valence-corrected chi connectivity index (χ3v) is 4.49. The zero-order chi connectivity index (χ0) is 11.9. The van der Waals surface area contributed by atoms with Gasteiger partial charge in [0.1, 0.15) is 0 Å². The fourth-order valence-corrected chi connectivity index (χ4v) is 3.45. The third kappa shape index (κ3) is 4.97. The normalized spacial score (nSPS) is 28.4. The van der Waals surface area contributed by atoms with Crippen LogP contribution in [-0.2, 0) is 4.74 Å². The molecule has 2 heteroatoms. The number of hydrogen-bond donors (Lipinski definition) is 1. The number of hydrogen-bond acceptors (Lipinski definition) is 2. The molecule has 0 spiro atoms. The average Bonchev–Trinajstić information content (AvgIpc) is 2.83. The van der Waals surface area contributed by atoms with Crippen molar-refractivity contribution in [3.8, 4) is 0 Å². The van der Waals surface area contributed by atoms with E-state index in [0.717, 1.165) is 12.5 Å². The smallest absolute Gasteiger partial charge is 0.0576 e. The maximum absolute atomic E-state index is 6.25. The van der Waals surface area contributed by atoms with E-state index in [2.05, 4.69) is 0 Å². The molecule has 1 saturated heterocycles. The van der Waals surface area contributed by atoms with E-state index >= 15 is 0 Å². The van der Waals surface area contributed by atoms with Crippen LogP contribution in [-0.4, -0.2) is 18.8 Å². The van der Waals surface area contributed by atoms with Crippen LogP contribution in [0.2, 0.25) is 0 Å². The molecule has 2 nitrogen and oxygen atoms in total. The molecule has 0 bridgehead atoms. The van der Waals surface area contributed by atoms with Crippen LogP contribution in [0, 0.1) is 5.92 Å². The lowest BCUT2D eigenvalue weighted by Gasteiger charge is -2.24. The zero-order valence-electron chi connectivity index (χ0n) is 11.2. The molecule has 1 heterocycles. The van der Waals surface area contributed by atoms with E-state index in [-0.39, 0.29) is 0 Å². The minimum Gasteiger partial charge on any atom is -0.378 e. The maximum atomic E-state index is 6.25. The molecule has 2 N–H and O–H groups in total. The molecule has 0 amide bonds. The van der Waals surface area contributed by atoms with E-state index in [9.17, 15) is 0 Å². The lowest BCUT2D eigenvalue weighted by molar-refractivity contribution is 0.101. The first-order chi connectivity index (χ1) is 8.34. The molecule has 17 heavy (non-hydrogen) atoms. The van der Waals surface area contributed by atoms with E-state index < -0.39 is 0 Å². The van der Waals surface area contributed by atoms with Gasteiger partial charge in [0.25, 0.3) is 0 Å². The van der Waals surface area contributed by atoms with Gasteiger partial charge in [-0.25, -0.2) is 0 Å². The summed E-state index contributed by atoms with van der Waals surface area (Å²) in [6.07, 6.45) is 15.2. The Morgan fingerprint density at radius 3 is 2.59 bits per heavy atom. The van der Waals surface area contributed by atoms with E-state index in [1.165, 1.54) is 70.6 Å². The van der Waals surface area contributed by atoms with E-state index in [0.29, 0.717) is 12.1 Å². The van der Waals surface area contributed by atoms with Crippen LogP contribution in [0.1, 0.15) is 70.6 Å². The van der Waals surface area contributed by atoms with Crippen LogP contribution in [0.15, 0.2) is 0 Å². The molecule has 2 atom stereocenters. The molecule has 2 rings (SSSR count). The molecule has 2 fully saturated rings. The van der Waals surface area contributed by atoms with Crippen molar-refractivity contribution in [3.63, 3.8) is 0 Å². The van der Waals surface area contributed by atoms with Crippen LogP contribution in [0.3, 0.4) is 0 Å². The molecule has 0 aromatic rings. The summed E-state index contributed by atoms with van der Waals surface area (Å²) in [4.78, 5) is 0. The van der Waals surface area contributed by atoms with Gasteiger partial charge in [0.2, 0.25) is 0 Å². The molecular formula is C15H29NO. The first-order valence-corrected chi connectivity index (χ1v) is 7.72. The molecule has 0 aromatic heterocycles. The first kappa shape index (κ1) is 13.4. The molecule has 0 aromatic carbocycles. The van der Waals surface area contributed by atoms with Gasteiger partial charge in [-0.3, -0.25) is 0 Å². The lowest BCUT2D eigenvalue weighted by Crippen LogP contribution is -2.25. The molecular weight excluding hydrogens is 210 g/mol. The van der Waals surface area contributed by atoms with Gasteiger partial charge in [0.05, 0.1) is 6.10 Å². The predicted octanol–water partition coefficient (Wildman–Crippen LogP) is 3.63. The van der Waals surface area contributed by atoms with Crippen LogP contribution in [0.4, 0.5) is 0 Å². The number of nitrogens with two attached hydrogens (primary N) is 1. The average molecular weight is 239 g/mol. The van der Waals surface area contributed by atoms with Crippen molar-refractivity contribution in [2.45, 2.75) is 82.8 Å². The summed E-state index contributed by atoms with van der Waals surface area (Å²) in [6.45, 7) is 0.985. The standard InChI is InChI=1S/C15H29NO/c16-14(12-13-6-2-1-3-7-13)8-4-9-15-10-5-11-17-15/h13-15H,1-12,16H2. The Morgan fingerprint density at radius 1 is 1.06 bits per heavy atom. The van der Waals surface area contributed by atoms with E-state index in [1.54, 1.807) is 0 Å². The second kappa shape index (κ2) is 7.38. The van der Waals surface area contributed by atoms with Gasteiger partial charge in [0.15, 0.2) is 0 Å². The van der Waals surface area contributed by atoms with Crippen molar-refractivity contribution in [2.24, 2.45) is 11.7 Å². The Hall–Kier alpha value is -0.0800. The number of rotatable bonds is 6. The Balaban J connectivity index is 1.52. The molecule has 100 valence electrons. The van der Waals surface area contributed by atoms with Gasteiger partial charge >= 0.3 is 0 Å². The zero-order valence-corrected chi connectivity index (χ0v) is 11.2. The monoisotopic (exact) mass is 239 g/mol. The van der Waals surface area contributed by atoms with Crippen molar-refractivity contribution in [1.82, 2.24) is 0 Å². The third-order valence-electron chi connectivity index (χ3n) is 4.49. The summed E-state index contributed by atoms with van der Waals surface area (Å²) in [6, 6.07) is 0.444. The first-order valence-electron chi connectivity index (χ1n) is 7.72. The highest BCUT2D eigenvalue weighted by Gasteiger charge is 2.18. The second-order valence-corrected chi connectivity index (χ2v) is 6.07. The van der Waals surface area contributed by atoms with Crippen molar-refractivity contribution < 1.29 is 4.74 Å². The Bertz CT molecular complexity index is 195. The SMILES string of the molecule is NC(CCCC1CCCO1)CC1CCCCC1. The molecule has 2 aliphatic rings. The highest BCUT2D eigenvalue weighted by atomic mass is 16.5. The molecule has 0 radical (unpaired) electrons. The fourth-order valence-electron chi connectivity index (χ4n) is 3.45. The van der Waals surface area contributed by atoms with Gasteiger partial charge in [-0.1, -0.05) is 32.1 Å². The summed E-state index contributed by atoms with van der Waals surface area (Å²) in [5.74, 6) is 0.932. The largest absolute Gasteiger partial charge is 0.378 e. The molecule has 1 aliphatic carbocycles. The Labute approximate surface area is 106 Å². The van der Waals surface area contributed by atoms with Crippen LogP contribution >= 0.6 is 0 Å². The Kier molecular flexibility index (Phi) is 5.79. The van der Waals surface area contributed by atoms with E-state index in [4.69, 9.17) is 10.5 Å². The minimum absolute atomic E-state index is 0.444. The number of ether oxygens (including phenoxy) is 1. The quantitative estimate of drug-likeness (QED) is 0.768. The lowest BCUT2D eigenvalue weighted by atomic mass is 9.84. The topological polar surface area (TPSA) is 35.2 Å². The van der Waals surface area contributed by atoms with Crippen LogP contribution in [0.5, 0.6) is 0 Å². The van der Waals surface area contributed by atoms with Crippen LogP contribution in [0.25, 0.3) is 0 Å². The molecule has 1 saturated carbocycles. The molecule has 1 aliphatic heterocycles. The minimum atomic E-state index is 0.444. The van der Waals surface area contributed by atoms with Gasteiger partial charge < -0.3 is 10.5 Å². The van der Waals surface area contributed by atoms with Crippen molar-refractivity contribution in [2.75, 3.05) is 6.61 Å². The maximum Gasteiger partial charge on any atom is 0.0576 e. The summed E-state index contributed by atoms with van der Waals surface area (Å²) < 4.78 is 5.64. The second-order valence-electron chi connectivity index (χ2n) is 6.07. The van der Waals surface area contributed by atoms with Crippen molar-refractivity contribution in [3.05, 3.63) is 0 Å². The summed E-state index contributed by atoms with van der Waals surface area (Å²) in [5.41, 5.74) is 6.25. The Morgan fingerprint density at radius 2 is 1.88 bits per heavy atom. The predicted molar refractivity (Wildman–Crippen MR) is 72.0 cm³/mol. The highest BCUT2D eigenvalue weighted by molar-refractivity contribution is 4.73. The van der Waals surface area contributed by atoms with Gasteiger partial charge in [0, 0.05) is 12.6 Å². The van der Waals surface area contributed by atoms with Crippen LogP contribution < -0.4 is 5.73 Å². The van der Waals surface area contributed by atoms with E-state index in [1.807, 2.05) is 0 Å².